The molecule has 0 heterocycles. The number of halogens is 3. The fourth-order valence-electron chi connectivity index (χ4n) is 0.454. The molecule has 1 atom stereocenters. The van der Waals surface area contributed by atoms with Crippen molar-refractivity contribution in [1.82, 2.24) is 0 Å². The van der Waals surface area contributed by atoms with Crippen LogP contribution in [0.5, 0.6) is 0 Å². The molecule has 0 radical (unpaired) electrons. The fourth-order valence-corrected chi connectivity index (χ4v) is 2.22. The Morgan fingerprint density at radius 2 is 2.11 bits per heavy atom. The summed E-state index contributed by atoms with van der Waals surface area (Å²) in [5, 5.41) is 0.885. The molecule has 0 saturated heterocycles. The summed E-state index contributed by atoms with van der Waals surface area (Å²) in [5.41, 5.74) is 0. The van der Waals surface area contributed by atoms with E-state index in [-0.39, 0.29) is 10.9 Å². The zero-order chi connectivity index (χ0) is 7.28. The Bertz CT molecular complexity index is 73.6. The average molecular weight is 252 g/mol. The normalized spacial score (nSPS) is 14.7. The van der Waals surface area contributed by atoms with Crippen LogP contribution in [0, 0.1) is 0 Å². The highest BCUT2D eigenvalue weighted by Gasteiger charge is 2.13. The second-order valence-corrected chi connectivity index (χ2v) is 4.01. The van der Waals surface area contributed by atoms with Gasteiger partial charge < -0.3 is 4.43 Å². The summed E-state index contributed by atoms with van der Waals surface area (Å²) in [6, 6.07) is 0. The van der Waals surface area contributed by atoms with Gasteiger partial charge in [0.1, 0.15) is 15.3 Å². The summed E-state index contributed by atoms with van der Waals surface area (Å²) in [6.45, 7) is 0. The second kappa shape index (κ2) is 5.98. The van der Waals surface area contributed by atoms with E-state index in [1.807, 2.05) is 0 Å². The van der Waals surface area contributed by atoms with Gasteiger partial charge in [-0.2, -0.15) is 0 Å². The van der Waals surface area contributed by atoms with Crippen LogP contribution in [0.1, 0.15) is 6.42 Å². The zero-order valence-corrected chi connectivity index (χ0v) is 10.2. The molecule has 0 fully saturated rings. The lowest BCUT2D eigenvalue weighted by Crippen LogP contribution is -2.19. The van der Waals surface area contributed by atoms with Crippen LogP contribution in [0.4, 0.5) is 0 Å². The molecule has 0 spiro atoms. The molecule has 0 aliphatic heterocycles. The van der Waals surface area contributed by atoms with Crippen molar-refractivity contribution in [2.45, 2.75) is 17.4 Å². The van der Waals surface area contributed by atoms with Crippen LogP contribution in [-0.2, 0) is 4.43 Å². The van der Waals surface area contributed by atoms with Crippen molar-refractivity contribution in [3.63, 3.8) is 0 Å². The molecule has 1 nitrogen and oxygen atoms in total. The van der Waals surface area contributed by atoms with Crippen molar-refractivity contribution < 1.29 is 4.43 Å². The van der Waals surface area contributed by atoms with E-state index < -0.39 is 0 Å². The van der Waals surface area contributed by atoms with E-state index >= 15 is 0 Å². The van der Waals surface area contributed by atoms with Gasteiger partial charge in [0.25, 0.3) is 0 Å². The van der Waals surface area contributed by atoms with E-state index in [1.165, 1.54) is 0 Å². The van der Waals surface area contributed by atoms with Gasteiger partial charge in [0.15, 0.2) is 0 Å². The summed E-state index contributed by atoms with van der Waals surface area (Å²) < 4.78 is 5.10. The minimum Gasteiger partial charge on any atom is -0.422 e. The first-order valence-electron chi connectivity index (χ1n) is 2.59. The molecule has 9 heavy (non-hydrogen) atoms. The van der Waals surface area contributed by atoms with Crippen LogP contribution >= 0.6 is 39.1 Å². The minimum absolute atomic E-state index is 0.0133. The molecule has 0 rings (SSSR count). The standard InChI is InChI=1S/C4H9BrCl2OSi/c5-2-1-3(8-9)4(6)7/h3-4H,1-2H2,9H3. The first kappa shape index (κ1) is 10.2. The van der Waals surface area contributed by atoms with E-state index in [4.69, 9.17) is 27.6 Å². The number of hydrogen-bond acceptors (Lipinski definition) is 1. The molecule has 1 unspecified atom stereocenters. The Balaban J connectivity index is 3.41. The third-order valence-corrected chi connectivity index (χ3v) is 2.60. The Morgan fingerprint density at radius 3 is 2.22 bits per heavy atom. The number of alkyl halides is 3. The van der Waals surface area contributed by atoms with Gasteiger partial charge in [-0.3, -0.25) is 0 Å². The lowest BCUT2D eigenvalue weighted by atomic mass is 10.3. The van der Waals surface area contributed by atoms with Crippen LogP contribution in [0.3, 0.4) is 0 Å². The monoisotopic (exact) mass is 250 g/mol. The Labute approximate surface area is 76.7 Å². The van der Waals surface area contributed by atoms with Gasteiger partial charge in [-0.15, -0.1) is 23.2 Å². The molecule has 0 saturated carbocycles. The van der Waals surface area contributed by atoms with Crippen LogP contribution < -0.4 is 0 Å². The summed E-state index contributed by atoms with van der Waals surface area (Å²) >= 11 is 14.4. The minimum atomic E-state index is -0.389. The van der Waals surface area contributed by atoms with Crippen molar-refractivity contribution in [2.24, 2.45) is 0 Å². The highest BCUT2D eigenvalue weighted by molar-refractivity contribution is 9.09. The molecule has 56 valence electrons. The first-order chi connectivity index (χ1) is 4.22. The first-order valence-corrected chi connectivity index (χ1v) is 5.40. The van der Waals surface area contributed by atoms with Gasteiger partial charge in [-0.05, 0) is 6.42 Å². The summed E-state index contributed by atoms with van der Waals surface area (Å²) in [4.78, 5) is -0.389. The molecule has 0 aromatic heterocycles. The average Bonchev–Trinajstić information content (AvgIpc) is 1.82. The largest absolute Gasteiger partial charge is 0.422 e. The molecular formula is C4H9BrCl2OSi. The highest BCUT2D eigenvalue weighted by atomic mass is 79.9. The van der Waals surface area contributed by atoms with Crippen LogP contribution in [-0.4, -0.2) is 26.8 Å². The summed E-state index contributed by atoms with van der Waals surface area (Å²) in [7, 11) is 0.695. The van der Waals surface area contributed by atoms with E-state index in [1.54, 1.807) is 0 Å². The second-order valence-electron chi connectivity index (χ2n) is 1.59. The lowest BCUT2D eigenvalue weighted by Gasteiger charge is -2.14. The van der Waals surface area contributed by atoms with Crippen molar-refractivity contribution in [1.29, 1.82) is 0 Å². The van der Waals surface area contributed by atoms with Gasteiger partial charge in [0.05, 0.1) is 6.10 Å². The van der Waals surface area contributed by atoms with Crippen LogP contribution in [0.2, 0.25) is 0 Å². The van der Waals surface area contributed by atoms with Crippen LogP contribution in [0.15, 0.2) is 0 Å². The molecule has 0 aromatic carbocycles. The predicted octanol–water partition coefficient (Wildman–Crippen LogP) is 1.24. The maximum Gasteiger partial charge on any atom is 0.146 e. The molecule has 0 amide bonds. The van der Waals surface area contributed by atoms with Gasteiger partial charge in [0, 0.05) is 5.33 Å². The van der Waals surface area contributed by atoms with Gasteiger partial charge in [-0.1, -0.05) is 15.9 Å². The molecule has 5 heteroatoms. The number of hydrogen-bond donors (Lipinski definition) is 0. The topological polar surface area (TPSA) is 9.23 Å². The molecule has 0 aliphatic rings. The summed E-state index contributed by atoms with van der Waals surface area (Å²) in [5.74, 6) is 0. The quantitative estimate of drug-likeness (QED) is 0.540. The van der Waals surface area contributed by atoms with Gasteiger partial charge in [-0.25, -0.2) is 0 Å². The Morgan fingerprint density at radius 1 is 1.56 bits per heavy atom. The predicted molar refractivity (Wildman–Crippen MR) is 48.7 cm³/mol. The van der Waals surface area contributed by atoms with E-state index in [9.17, 15) is 0 Å². The smallest absolute Gasteiger partial charge is 0.146 e. The third kappa shape index (κ3) is 4.62. The van der Waals surface area contributed by atoms with Crippen molar-refractivity contribution in [2.75, 3.05) is 5.33 Å². The molecule has 0 aliphatic carbocycles. The maximum atomic E-state index is 5.56. The van der Waals surface area contributed by atoms with Gasteiger partial charge in [0.2, 0.25) is 0 Å². The van der Waals surface area contributed by atoms with Crippen LogP contribution in [0.25, 0.3) is 0 Å². The lowest BCUT2D eigenvalue weighted by molar-refractivity contribution is 0.234. The van der Waals surface area contributed by atoms with Crippen molar-refractivity contribution >= 4 is 49.6 Å². The molecule has 0 aromatic rings. The van der Waals surface area contributed by atoms with E-state index in [0.717, 1.165) is 11.8 Å². The number of rotatable bonds is 4. The van der Waals surface area contributed by atoms with Crippen molar-refractivity contribution in [3.05, 3.63) is 0 Å². The van der Waals surface area contributed by atoms with Crippen molar-refractivity contribution in [3.8, 4) is 0 Å². The Hall–Kier alpha value is 1.24. The fraction of sp³-hybridized carbons (Fsp3) is 1.00. The van der Waals surface area contributed by atoms with E-state index in [0.29, 0.717) is 10.5 Å². The SMILES string of the molecule is [SiH3]OC(CCBr)C(Cl)Cl. The Kier molecular flexibility index (Phi) is 6.80. The zero-order valence-electron chi connectivity index (χ0n) is 5.11. The molecular weight excluding hydrogens is 243 g/mol. The highest BCUT2D eigenvalue weighted by Crippen LogP contribution is 2.14. The molecule has 0 N–H and O–H groups in total. The van der Waals surface area contributed by atoms with E-state index in [2.05, 4.69) is 15.9 Å². The molecule has 0 bridgehead atoms. The third-order valence-electron chi connectivity index (χ3n) is 0.977. The van der Waals surface area contributed by atoms with Gasteiger partial charge >= 0.3 is 0 Å². The maximum absolute atomic E-state index is 5.56. The summed E-state index contributed by atoms with van der Waals surface area (Å²) in [6.07, 6.45) is 0.889.